The molecule has 27 heavy (non-hydrogen) atoms. The van der Waals surface area contributed by atoms with Crippen LogP contribution >= 0.6 is 0 Å². The minimum Gasteiger partial charge on any atom is -0.338 e. The molecule has 3 rings (SSSR count). The number of carbonyl (C=O) groups is 2. The number of nitrogens with one attached hydrogen (secondary N) is 2. The van der Waals surface area contributed by atoms with Crippen molar-refractivity contribution >= 4 is 11.9 Å². The Hall–Kier alpha value is -2.73. The van der Waals surface area contributed by atoms with Crippen LogP contribution in [0.3, 0.4) is 0 Å². The third-order valence-corrected chi connectivity index (χ3v) is 4.56. The molecule has 6 heteroatoms. The van der Waals surface area contributed by atoms with Gasteiger partial charge in [-0.2, -0.15) is 0 Å². The predicted octanol–water partition coefficient (Wildman–Crippen LogP) is 3.38. The molecule has 3 amide bonds. The maximum absolute atomic E-state index is 13.2. The molecule has 2 aromatic carbocycles. The second-order valence-electron chi connectivity index (χ2n) is 6.69. The summed E-state index contributed by atoms with van der Waals surface area (Å²) >= 11 is 0. The van der Waals surface area contributed by atoms with Crippen LogP contribution in [0.2, 0.25) is 0 Å². The molecule has 0 spiro atoms. The van der Waals surface area contributed by atoms with Crippen LogP contribution in [0.25, 0.3) is 0 Å². The highest BCUT2D eigenvalue weighted by atomic mass is 19.1. The normalized spacial score (nSPS) is 14.6. The third-order valence-electron chi connectivity index (χ3n) is 4.56. The first-order valence-electron chi connectivity index (χ1n) is 9.22. The van der Waals surface area contributed by atoms with E-state index in [1.165, 1.54) is 12.1 Å². The van der Waals surface area contributed by atoms with Crippen molar-refractivity contribution in [3.05, 3.63) is 71.5 Å². The number of halogens is 1. The van der Waals surface area contributed by atoms with Crippen LogP contribution in [0.5, 0.6) is 0 Å². The van der Waals surface area contributed by atoms with E-state index in [0.29, 0.717) is 13.1 Å². The lowest BCUT2D eigenvalue weighted by atomic mass is 10.0. The summed E-state index contributed by atoms with van der Waals surface area (Å²) in [4.78, 5) is 27.0. The van der Waals surface area contributed by atoms with E-state index in [1.54, 1.807) is 19.1 Å². The molecule has 2 N–H and O–H groups in total. The molecule has 0 unspecified atom stereocenters. The van der Waals surface area contributed by atoms with Crippen molar-refractivity contribution in [3.8, 4) is 0 Å². The van der Waals surface area contributed by atoms with Gasteiger partial charge in [0.2, 0.25) is 5.91 Å². The Morgan fingerprint density at radius 2 is 1.78 bits per heavy atom. The van der Waals surface area contributed by atoms with Gasteiger partial charge in [-0.3, -0.25) is 15.0 Å². The number of carbonyl (C=O) groups excluding carboxylic acids is 2. The first-order chi connectivity index (χ1) is 13.1. The van der Waals surface area contributed by atoms with Gasteiger partial charge in [-0.25, -0.2) is 9.18 Å². The number of imide groups is 1. The van der Waals surface area contributed by atoms with Gasteiger partial charge in [0.25, 0.3) is 0 Å². The molecule has 2 aromatic rings. The van der Waals surface area contributed by atoms with E-state index in [9.17, 15) is 14.0 Å². The molecule has 0 radical (unpaired) electrons. The van der Waals surface area contributed by atoms with E-state index in [1.807, 2.05) is 30.3 Å². The Kier molecular flexibility index (Phi) is 6.19. The monoisotopic (exact) mass is 369 g/mol. The highest BCUT2D eigenvalue weighted by Crippen LogP contribution is 2.36. The zero-order valence-corrected chi connectivity index (χ0v) is 15.3. The van der Waals surface area contributed by atoms with E-state index < -0.39 is 12.1 Å². The first-order valence-corrected chi connectivity index (χ1v) is 9.22. The van der Waals surface area contributed by atoms with Crippen molar-refractivity contribution in [3.63, 3.8) is 0 Å². The first kappa shape index (κ1) is 19.0. The van der Waals surface area contributed by atoms with Gasteiger partial charge >= 0.3 is 6.03 Å². The Balaban J connectivity index is 1.87. The Morgan fingerprint density at radius 3 is 2.37 bits per heavy atom. The predicted molar refractivity (Wildman–Crippen MR) is 101 cm³/mol. The van der Waals surface area contributed by atoms with Gasteiger partial charge in [-0.05, 0) is 43.0 Å². The third kappa shape index (κ3) is 5.14. The van der Waals surface area contributed by atoms with E-state index in [2.05, 4.69) is 15.5 Å². The number of amides is 3. The number of hydrogen-bond donors (Lipinski definition) is 2. The van der Waals surface area contributed by atoms with E-state index in [4.69, 9.17) is 0 Å². The summed E-state index contributed by atoms with van der Waals surface area (Å²) in [6.45, 7) is 2.74. The minimum absolute atomic E-state index is 0.264. The maximum Gasteiger partial charge on any atom is 0.321 e. The van der Waals surface area contributed by atoms with Gasteiger partial charge in [0.1, 0.15) is 11.9 Å². The molecule has 0 aromatic heterocycles. The second-order valence-corrected chi connectivity index (χ2v) is 6.69. The quantitative estimate of drug-likeness (QED) is 0.787. The molecule has 0 saturated heterocycles. The summed E-state index contributed by atoms with van der Waals surface area (Å²) in [5.74, 6) is -0.647. The zero-order chi connectivity index (χ0) is 19.2. The van der Waals surface area contributed by atoms with Crippen LogP contribution in [0, 0.1) is 5.82 Å². The zero-order valence-electron chi connectivity index (χ0n) is 15.3. The molecule has 1 fully saturated rings. The highest BCUT2D eigenvalue weighted by molar-refractivity contribution is 5.97. The van der Waals surface area contributed by atoms with Crippen LogP contribution in [0.15, 0.2) is 54.6 Å². The van der Waals surface area contributed by atoms with Crippen LogP contribution in [-0.4, -0.2) is 29.4 Å². The fraction of sp³-hybridized carbons (Fsp3) is 0.333. The molecule has 1 aliphatic carbocycles. The fourth-order valence-corrected chi connectivity index (χ4v) is 3.15. The van der Waals surface area contributed by atoms with E-state index in [-0.39, 0.29) is 17.8 Å². The number of hydrogen-bond acceptors (Lipinski definition) is 3. The standard InChI is InChI=1S/C21H24FN3O2/c1-2-23-21(27)24-20(26)19(16-6-4-3-5-7-16)25(18-12-13-18)14-15-8-10-17(22)11-9-15/h3-11,18-19H,2,12-14H2,1H3,(H2,23,24,26,27)/t19-/m1/s1. The lowest BCUT2D eigenvalue weighted by molar-refractivity contribution is -0.126. The molecular formula is C21H24FN3O2. The molecule has 1 aliphatic rings. The van der Waals surface area contributed by atoms with Crippen LogP contribution in [-0.2, 0) is 11.3 Å². The average molecular weight is 369 g/mol. The second kappa shape index (κ2) is 8.77. The smallest absolute Gasteiger partial charge is 0.321 e. The summed E-state index contributed by atoms with van der Waals surface area (Å²) < 4.78 is 13.2. The maximum atomic E-state index is 13.2. The highest BCUT2D eigenvalue weighted by Gasteiger charge is 2.38. The molecule has 142 valence electrons. The molecule has 0 bridgehead atoms. The van der Waals surface area contributed by atoms with Crippen molar-refractivity contribution in [2.45, 2.75) is 38.4 Å². The van der Waals surface area contributed by atoms with Gasteiger partial charge in [0.05, 0.1) is 0 Å². The molecule has 0 heterocycles. The Morgan fingerprint density at radius 1 is 1.11 bits per heavy atom. The van der Waals surface area contributed by atoms with Gasteiger partial charge in [0, 0.05) is 19.1 Å². The largest absolute Gasteiger partial charge is 0.338 e. The number of nitrogens with zero attached hydrogens (tertiary/aromatic N) is 1. The van der Waals surface area contributed by atoms with Gasteiger partial charge in [-0.15, -0.1) is 0 Å². The number of urea groups is 1. The molecule has 1 atom stereocenters. The average Bonchev–Trinajstić information content (AvgIpc) is 3.49. The molecule has 1 saturated carbocycles. The van der Waals surface area contributed by atoms with Crippen molar-refractivity contribution in [1.29, 1.82) is 0 Å². The van der Waals surface area contributed by atoms with Crippen molar-refractivity contribution in [2.75, 3.05) is 6.54 Å². The summed E-state index contributed by atoms with van der Waals surface area (Å²) in [5, 5.41) is 5.04. The summed E-state index contributed by atoms with van der Waals surface area (Å²) in [7, 11) is 0. The Bertz CT molecular complexity index is 776. The lowest BCUT2D eigenvalue weighted by Crippen LogP contribution is -2.46. The SMILES string of the molecule is CCNC(=O)NC(=O)[C@@H](c1ccccc1)N(Cc1ccc(F)cc1)C1CC1. The van der Waals surface area contributed by atoms with Gasteiger partial charge in [0.15, 0.2) is 0 Å². The Labute approximate surface area is 158 Å². The molecule has 0 aliphatic heterocycles. The van der Waals surface area contributed by atoms with E-state index in [0.717, 1.165) is 24.0 Å². The summed E-state index contributed by atoms with van der Waals surface area (Å²) in [5.41, 5.74) is 1.75. The fourth-order valence-electron chi connectivity index (χ4n) is 3.15. The van der Waals surface area contributed by atoms with Crippen molar-refractivity contribution < 1.29 is 14.0 Å². The van der Waals surface area contributed by atoms with Crippen LogP contribution in [0.4, 0.5) is 9.18 Å². The number of rotatable bonds is 7. The van der Waals surface area contributed by atoms with E-state index >= 15 is 0 Å². The van der Waals surface area contributed by atoms with Crippen LogP contribution in [0.1, 0.15) is 36.9 Å². The van der Waals surface area contributed by atoms with Crippen molar-refractivity contribution in [1.82, 2.24) is 15.5 Å². The molecule has 5 nitrogen and oxygen atoms in total. The molecular weight excluding hydrogens is 345 g/mol. The summed E-state index contributed by atoms with van der Waals surface area (Å²) in [6, 6.07) is 14.9. The van der Waals surface area contributed by atoms with Crippen LogP contribution < -0.4 is 10.6 Å². The topological polar surface area (TPSA) is 61.4 Å². The lowest BCUT2D eigenvalue weighted by Gasteiger charge is -2.31. The summed E-state index contributed by atoms with van der Waals surface area (Å²) in [6.07, 6.45) is 2.00. The number of benzene rings is 2. The van der Waals surface area contributed by atoms with Gasteiger partial charge in [-0.1, -0.05) is 42.5 Å². The van der Waals surface area contributed by atoms with Gasteiger partial charge < -0.3 is 5.32 Å². The van der Waals surface area contributed by atoms with Crippen molar-refractivity contribution in [2.24, 2.45) is 0 Å². The minimum atomic E-state index is -0.591.